The third kappa shape index (κ3) is 18.7. The summed E-state index contributed by atoms with van der Waals surface area (Å²) in [5.74, 6) is -1.10. The predicted molar refractivity (Wildman–Crippen MR) is 141 cm³/mol. The van der Waals surface area contributed by atoms with Crippen molar-refractivity contribution in [3.63, 3.8) is 0 Å². The third-order valence-electron chi connectivity index (χ3n) is 6.60. The van der Waals surface area contributed by atoms with Gasteiger partial charge in [0.15, 0.2) is 6.10 Å². The lowest BCUT2D eigenvalue weighted by atomic mass is 9.99. The molecule has 0 saturated heterocycles. The first-order chi connectivity index (χ1) is 16.9. The molecule has 0 bridgehead atoms. The van der Waals surface area contributed by atoms with Crippen LogP contribution in [0.15, 0.2) is 0 Å². The summed E-state index contributed by atoms with van der Waals surface area (Å²) in [6.45, 7) is 5.07. The number of nitrogens with one attached hydrogen (secondary N) is 1. The smallest absolute Gasteiger partial charge is 0.303 e. The number of amides is 1. The van der Waals surface area contributed by atoms with Gasteiger partial charge >= 0.3 is 5.97 Å². The van der Waals surface area contributed by atoms with Crippen molar-refractivity contribution in [2.75, 3.05) is 6.61 Å². The molecule has 0 fully saturated rings. The number of hydrogen-bond acceptors (Lipinski definition) is 6. The summed E-state index contributed by atoms with van der Waals surface area (Å²) in [4.78, 5) is 24.0. The van der Waals surface area contributed by atoms with Crippen LogP contribution in [0.3, 0.4) is 0 Å². The van der Waals surface area contributed by atoms with Gasteiger partial charge in [0.05, 0.1) is 18.8 Å². The minimum Gasteiger partial charge on any atom is -0.452 e. The Balaban J connectivity index is 4.20. The molecule has 0 spiro atoms. The minimum absolute atomic E-state index is 0.390. The number of aliphatic hydroxyl groups excluding tert-OH is 3. The standard InChI is InChI=1S/C28H55NO6/c1-4-6-8-10-11-12-13-14-15-16-17-18-20-25(32)27(33)24(22-30)29-28(34)26(35-23(3)31)21-19-9-7-5-2/h24-27,30,32-33H,4-22H2,1-3H3,(H,29,34)/t24-,25+,26?,27-/m0/s1. The molecule has 0 aliphatic carbocycles. The Hall–Kier alpha value is -1.18. The second kappa shape index (κ2) is 23.2. The van der Waals surface area contributed by atoms with Crippen LogP contribution in [0, 0.1) is 0 Å². The SMILES string of the molecule is CCCCCCCCCCCCCC[C@@H](O)[C@@H](O)[C@H](CO)NC(=O)C(CCCCCC)OC(C)=O. The average Bonchev–Trinajstić information content (AvgIpc) is 2.84. The van der Waals surface area contributed by atoms with Gasteiger partial charge in [-0.05, 0) is 19.3 Å². The molecule has 0 aliphatic rings. The van der Waals surface area contributed by atoms with Crippen LogP contribution in [0.1, 0.15) is 136 Å². The van der Waals surface area contributed by atoms with E-state index in [1.54, 1.807) is 0 Å². The fourth-order valence-electron chi connectivity index (χ4n) is 4.35. The van der Waals surface area contributed by atoms with E-state index in [1.165, 1.54) is 64.7 Å². The summed E-state index contributed by atoms with van der Waals surface area (Å²) >= 11 is 0. The number of ether oxygens (including phenoxy) is 1. The van der Waals surface area contributed by atoms with E-state index in [9.17, 15) is 24.9 Å². The number of rotatable bonds is 24. The summed E-state index contributed by atoms with van der Waals surface area (Å²) in [5, 5.41) is 33.1. The molecule has 0 aromatic rings. The van der Waals surface area contributed by atoms with E-state index in [0.29, 0.717) is 12.8 Å². The molecule has 0 radical (unpaired) electrons. The Morgan fingerprint density at radius 3 is 1.60 bits per heavy atom. The van der Waals surface area contributed by atoms with Gasteiger partial charge in [0.1, 0.15) is 6.10 Å². The molecule has 4 N–H and O–H groups in total. The van der Waals surface area contributed by atoms with Gasteiger partial charge in [-0.15, -0.1) is 0 Å². The Labute approximate surface area is 214 Å². The van der Waals surface area contributed by atoms with Crippen LogP contribution in [-0.4, -0.2) is 58.2 Å². The molecule has 0 rings (SSSR count). The van der Waals surface area contributed by atoms with Crippen molar-refractivity contribution < 1.29 is 29.6 Å². The van der Waals surface area contributed by atoms with Crippen molar-refractivity contribution in [2.24, 2.45) is 0 Å². The van der Waals surface area contributed by atoms with Crippen molar-refractivity contribution in [1.82, 2.24) is 5.32 Å². The molecule has 35 heavy (non-hydrogen) atoms. The van der Waals surface area contributed by atoms with Gasteiger partial charge in [0.2, 0.25) is 0 Å². The van der Waals surface area contributed by atoms with Gasteiger partial charge in [-0.1, -0.05) is 110 Å². The van der Waals surface area contributed by atoms with Gasteiger partial charge in [-0.2, -0.15) is 0 Å². The number of aliphatic hydroxyl groups is 3. The summed E-state index contributed by atoms with van der Waals surface area (Å²) in [6, 6.07) is -1.01. The maximum Gasteiger partial charge on any atom is 0.303 e. The molecule has 208 valence electrons. The first-order valence-corrected chi connectivity index (χ1v) is 14.3. The van der Waals surface area contributed by atoms with Crippen LogP contribution in [0.5, 0.6) is 0 Å². The second-order valence-corrected chi connectivity index (χ2v) is 9.98. The number of hydrogen-bond donors (Lipinski definition) is 4. The second-order valence-electron chi connectivity index (χ2n) is 9.98. The Kier molecular flexibility index (Phi) is 22.4. The third-order valence-corrected chi connectivity index (χ3v) is 6.60. The summed E-state index contributed by atoms with van der Waals surface area (Å²) < 4.78 is 5.15. The van der Waals surface area contributed by atoms with E-state index in [-0.39, 0.29) is 0 Å². The number of carbonyl (C=O) groups is 2. The summed E-state index contributed by atoms with van der Waals surface area (Å²) in [5.41, 5.74) is 0. The topological polar surface area (TPSA) is 116 Å². The molecule has 7 heteroatoms. The molecule has 1 amide bonds. The number of unbranched alkanes of at least 4 members (excludes halogenated alkanes) is 14. The van der Waals surface area contributed by atoms with Crippen molar-refractivity contribution in [3.05, 3.63) is 0 Å². The van der Waals surface area contributed by atoms with Crippen LogP contribution in [0.25, 0.3) is 0 Å². The molecule has 0 aromatic heterocycles. The summed E-state index contributed by atoms with van der Waals surface area (Å²) in [7, 11) is 0. The van der Waals surface area contributed by atoms with E-state index in [4.69, 9.17) is 4.74 Å². The molecular weight excluding hydrogens is 446 g/mol. The highest BCUT2D eigenvalue weighted by Crippen LogP contribution is 2.15. The van der Waals surface area contributed by atoms with Crippen molar-refractivity contribution >= 4 is 11.9 Å². The van der Waals surface area contributed by atoms with E-state index in [2.05, 4.69) is 19.2 Å². The van der Waals surface area contributed by atoms with Crippen molar-refractivity contribution in [3.8, 4) is 0 Å². The largest absolute Gasteiger partial charge is 0.452 e. The Morgan fingerprint density at radius 1 is 0.714 bits per heavy atom. The maximum atomic E-state index is 12.6. The van der Waals surface area contributed by atoms with Crippen LogP contribution in [-0.2, 0) is 14.3 Å². The van der Waals surface area contributed by atoms with Crippen molar-refractivity contribution in [2.45, 2.75) is 161 Å². The van der Waals surface area contributed by atoms with Crippen LogP contribution < -0.4 is 5.32 Å². The van der Waals surface area contributed by atoms with E-state index >= 15 is 0 Å². The molecule has 4 atom stereocenters. The Bertz CT molecular complexity index is 516. The first kappa shape index (κ1) is 33.8. The lowest BCUT2D eigenvalue weighted by Crippen LogP contribution is -2.53. The molecule has 0 heterocycles. The number of carbonyl (C=O) groups excluding carboxylic acids is 2. The highest BCUT2D eigenvalue weighted by atomic mass is 16.5. The lowest BCUT2D eigenvalue weighted by molar-refractivity contribution is -0.155. The molecular formula is C28H55NO6. The molecule has 0 aliphatic heterocycles. The van der Waals surface area contributed by atoms with E-state index in [0.717, 1.165) is 44.9 Å². The van der Waals surface area contributed by atoms with Crippen LogP contribution in [0.4, 0.5) is 0 Å². The zero-order chi connectivity index (χ0) is 26.3. The van der Waals surface area contributed by atoms with Gasteiger partial charge < -0.3 is 25.4 Å². The Morgan fingerprint density at radius 2 is 1.14 bits per heavy atom. The van der Waals surface area contributed by atoms with Crippen LogP contribution in [0.2, 0.25) is 0 Å². The molecule has 7 nitrogen and oxygen atoms in total. The quantitative estimate of drug-likeness (QED) is 0.107. The molecule has 1 unspecified atom stereocenters. The minimum atomic E-state index is -1.28. The van der Waals surface area contributed by atoms with Gasteiger partial charge in [-0.3, -0.25) is 9.59 Å². The first-order valence-electron chi connectivity index (χ1n) is 14.3. The average molecular weight is 502 g/mol. The zero-order valence-electron chi connectivity index (χ0n) is 22.8. The molecule has 0 saturated carbocycles. The number of esters is 1. The zero-order valence-corrected chi connectivity index (χ0v) is 22.8. The fourth-order valence-corrected chi connectivity index (χ4v) is 4.35. The monoisotopic (exact) mass is 501 g/mol. The highest BCUT2D eigenvalue weighted by Gasteiger charge is 2.30. The van der Waals surface area contributed by atoms with E-state index in [1.807, 2.05) is 0 Å². The van der Waals surface area contributed by atoms with E-state index < -0.39 is 42.8 Å². The highest BCUT2D eigenvalue weighted by molar-refractivity contribution is 5.83. The normalized spacial score (nSPS) is 14.8. The predicted octanol–water partition coefficient (Wildman–Crippen LogP) is 5.18. The van der Waals surface area contributed by atoms with Gasteiger partial charge in [0.25, 0.3) is 5.91 Å². The molecule has 0 aromatic carbocycles. The summed E-state index contributed by atoms with van der Waals surface area (Å²) in [6.07, 6.45) is 15.9. The van der Waals surface area contributed by atoms with Crippen molar-refractivity contribution in [1.29, 1.82) is 0 Å². The van der Waals surface area contributed by atoms with Gasteiger partial charge in [-0.25, -0.2) is 0 Å². The van der Waals surface area contributed by atoms with Crippen LogP contribution >= 0.6 is 0 Å². The lowest BCUT2D eigenvalue weighted by Gasteiger charge is -2.28. The van der Waals surface area contributed by atoms with Gasteiger partial charge in [0, 0.05) is 6.92 Å². The maximum absolute atomic E-state index is 12.6. The fraction of sp³-hybridized carbons (Fsp3) is 0.929.